The largest absolute Gasteiger partial charge is 0.491 e. The lowest BCUT2D eigenvalue weighted by Gasteiger charge is -2.32. The van der Waals surface area contributed by atoms with Crippen LogP contribution in [0.2, 0.25) is 0 Å². The Kier molecular flexibility index (Phi) is 19.1. The van der Waals surface area contributed by atoms with Crippen molar-refractivity contribution in [1.29, 1.82) is 0 Å². The first-order chi connectivity index (χ1) is 32.9. The fraction of sp³-hybridized carbons (Fsp3) is 0.510. The lowest BCUT2D eigenvalue weighted by Crippen LogP contribution is -2.48. The Balaban J connectivity index is 1.02. The van der Waals surface area contributed by atoms with E-state index in [4.69, 9.17) is 48.6 Å². The zero-order chi connectivity index (χ0) is 48.6. The van der Waals surface area contributed by atoms with Gasteiger partial charge in [-0.25, -0.2) is 14.8 Å². The average Bonchev–Trinajstić information content (AvgIpc) is 3.70. The molecule has 2 aromatic carbocycles. The van der Waals surface area contributed by atoms with Crippen LogP contribution >= 0.6 is 0 Å². The topological polar surface area (TPSA) is 222 Å². The molecule has 2 aromatic heterocycles. The van der Waals surface area contributed by atoms with Gasteiger partial charge in [0.15, 0.2) is 0 Å². The van der Waals surface area contributed by atoms with Crippen molar-refractivity contribution in [3.8, 4) is 17.1 Å². The van der Waals surface area contributed by atoms with Crippen LogP contribution in [0.5, 0.6) is 5.75 Å². The third-order valence-corrected chi connectivity index (χ3v) is 11.9. The molecule has 2 aliphatic rings. The molecule has 0 saturated carbocycles. The number of aryl methyl sites for hydroxylation is 1. The number of halogens is 1. The summed E-state index contributed by atoms with van der Waals surface area (Å²) in [5, 5.41) is 8.14. The molecule has 4 aromatic rings. The van der Waals surface area contributed by atoms with Gasteiger partial charge in [0.2, 0.25) is 5.91 Å². The Morgan fingerprint density at radius 3 is 2.15 bits per heavy atom. The second-order valence-electron chi connectivity index (χ2n) is 16.7. The van der Waals surface area contributed by atoms with Crippen molar-refractivity contribution >= 4 is 34.9 Å². The zero-order valence-electron chi connectivity index (χ0n) is 39.5. The number of nitrogens with zero attached hydrogens (tertiary/aromatic N) is 3. The summed E-state index contributed by atoms with van der Waals surface area (Å²) in [5.41, 5.74) is 12.1. The molecule has 0 radical (unpaired) electrons. The Labute approximate surface area is 394 Å². The highest BCUT2D eigenvalue weighted by Gasteiger charge is 2.40. The number of hydrogen-bond donors (Lipinski definition) is 3. The summed E-state index contributed by atoms with van der Waals surface area (Å²) in [6.45, 7) is 14.5. The van der Waals surface area contributed by atoms with Crippen molar-refractivity contribution in [1.82, 2.24) is 20.3 Å². The van der Waals surface area contributed by atoms with E-state index in [2.05, 4.69) is 15.8 Å². The van der Waals surface area contributed by atoms with E-state index in [1.165, 1.54) is 19.9 Å². The molecule has 19 heteroatoms. The highest BCUT2D eigenvalue weighted by Crippen LogP contribution is 2.45. The van der Waals surface area contributed by atoms with Gasteiger partial charge in [0.25, 0.3) is 17.9 Å². The molecule has 1 unspecified atom stereocenters. The number of rotatable bonds is 29. The smallest absolute Gasteiger partial charge is 0.293 e. The number of aromatic nitrogens is 2. The predicted molar refractivity (Wildman–Crippen MR) is 250 cm³/mol. The monoisotopic (exact) mass is 946 g/mol. The van der Waals surface area contributed by atoms with Crippen molar-refractivity contribution in [2.75, 3.05) is 85.8 Å². The number of fused-ring (bicyclic) bond motifs is 4. The minimum absolute atomic E-state index is 0.102. The molecule has 0 spiro atoms. The molecule has 18 nitrogen and oxygen atoms in total. The SMILES string of the molecule is CCOCc1cc2n(c(=O)c1COC=O)Cc1c-2nc2cc(F)c(C)c3c2c1C(NC(=O)C(C)(C)C(=O)N/N=C(/C)c1ccc(OCCOCCOCCOCCOCCOCCN)cc1)CC3. The predicted octanol–water partition coefficient (Wildman–Crippen LogP) is 4.17. The zero-order valence-corrected chi connectivity index (χ0v) is 39.5. The van der Waals surface area contributed by atoms with Crippen LogP contribution < -0.4 is 26.8 Å². The van der Waals surface area contributed by atoms with Gasteiger partial charge in [-0.2, -0.15) is 5.10 Å². The van der Waals surface area contributed by atoms with E-state index in [1.807, 2.05) is 19.1 Å². The molecule has 1 aliphatic heterocycles. The minimum Gasteiger partial charge on any atom is -0.491 e. The standard InChI is InChI=1S/C49H63FN6O12/c1-6-61-28-34-25-42-45-37(27-56(42)46(58)38(34)29-67-30-57)44-40(12-11-36-31(2)39(50)26-41(52-45)43(36)44)53-47(59)49(4,5)48(60)55-54-32(3)33-7-9-35(10-8-33)68-24-23-66-22-21-65-20-19-64-18-17-63-16-15-62-14-13-51/h7-10,25-26,30,40H,6,11-24,27-29,51H2,1-5H3,(H,53,59)(H,55,60)/b54-32-. The van der Waals surface area contributed by atoms with Crippen molar-refractivity contribution in [3.05, 3.63) is 91.5 Å². The number of pyridine rings is 2. The molecule has 68 heavy (non-hydrogen) atoms. The molecule has 1 aliphatic carbocycles. The van der Waals surface area contributed by atoms with E-state index in [-0.39, 0.29) is 37.4 Å². The third kappa shape index (κ3) is 12.7. The fourth-order valence-electron chi connectivity index (χ4n) is 8.01. The summed E-state index contributed by atoms with van der Waals surface area (Å²) in [5.74, 6) is -0.944. The molecule has 368 valence electrons. The van der Waals surface area contributed by atoms with Crippen molar-refractivity contribution in [2.24, 2.45) is 16.3 Å². The van der Waals surface area contributed by atoms with E-state index in [0.717, 1.165) is 16.7 Å². The molecular weight excluding hydrogens is 884 g/mol. The van der Waals surface area contributed by atoms with Crippen molar-refractivity contribution < 1.29 is 56.7 Å². The van der Waals surface area contributed by atoms with E-state index in [9.17, 15) is 19.2 Å². The summed E-state index contributed by atoms with van der Waals surface area (Å²) >= 11 is 0. The van der Waals surface area contributed by atoms with Crippen LogP contribution in [-0.2, 0) is 73.7 Å². The number of carbonyl (C=O) groups excluding carboxylic acids is 3. The summed E-state index contributed by atoms with van der Waals surface area (Å²) in [4.78, 5) is 57.9. The van der Waals surface area contributed by atoms with Crippen LogP contribution in [0.3, 0.4) is 0 Å². The third-order valence-electron chi connectivity index (χ3n) is 11.9. The fourth-order valence-corrected chi connectivity index (χ4v) is 8.01. The van der Waals surface area contributed by atoms with Crippen LogP contribution in [0.25, 0.3) is 22.3 Å². The average molecular weight is 947 g/mol. The molecule has 0 bridgehead atoms. The lowest BCUT2D eigenvalue weighted by molar-refractivity contribution is -0.142. The normalized spacial score (nSPS) is 14.2. The molecule has 0 saturated heterocycles. The number of hydrogen-bond acceptors (Lipinski definition) is 15. The number of nitrogens with two attached hydrogens (primary N) is 1. The van der Waals surface area contributed by atoms with E-state index in [1.54, 1.807) is 36.6 Å². The second kappa shape index (κ2) is 25.1. The number of amides is 2. The van der Waals surface area contributed by atoms with Gasteiger partial charge in [0.05, 0.1) is 113 Å². The van der Waals surface area contributed by atoms with Crippen molar-refractivity contribution in [3.63, 3.8) is 0 Å². The quantitative estimate of drug-likeness (QED) is 0.0201. The van der Waals surface area contributed by atoms with Crippen LogP contribution in [0.1, 0.15) is 79.1 Å². The maximum absolute atomic E-state index is 15.4. The molecule has 3 heterocycles. The highest BCUT2D eigenvalue weighted by atomic mass is 19.1. The molecule has 6 rings (SSSR count). The Morgan fingerprint density at radius 1 is 0.897 bits per heavy atom. The number of carbonyl (C=O) groups is 3. The van der Waals surface area contributed by atoms with Crippen LogP contribution in [-0.4, -0.2) is 119 Å². The number of nitrogens with one attached hydrogen (secondary N) is 2. The molecule has 1 atom stereocenters. The van der Waals surface area contributed by atoms with Gasteiger partial charge in [-0.05, 0) is 106 Å². The van der Waals surface area contributed by atoms with E-state index < -0.39 is 29.1 Å². The van der Waals surface area contributed by atoms with Gasteiger partial charge in [-0.3, -0.25) is 19.2 Å². The number of ether oxygens (including phenoxy) is 8. The van der Waals surface area contributed by atoms with Gasteiger partial charge in [0, 0.05) is 30.2 Å². The van der Waals surface area contributed by atoms with Crippen LogP contribution in [0, 0.1) is 18.2 Å². The van der Waals surface area contributed by atoms with Gasteiger partial charge in [0.1, 0.15) is 30.2 Å². The van der Waals surface area contributed by atoms with Gasteiger partial charge in [-0.15, -0.1) is 0 Å². The first-order valence-corrected chi connectivity index (χ1v) is 22.9. The molecule has 4 N–H and O–H groups in total. The van der Waals surface area contributed by atoms with Crippen LogP contribution in [0.4, 0.5) is 4.39 Å². The maximum atomic E-state index is 15.4. The first kappa shape index (κ1) is 51.7. The van der Waals surface area contributed by atoms with Crippen molar-refractivity contribution in [2.45, 2.75) is 73.3 Å². The summed E-state index contributed by atoms with van der Waals surface area (Å²) in [6.07, 6.45) is 0.857. The Morgan fingerprint density at radius 2 is 1.53 bits per heavy atom. The van der Waals surface area contributed by atoms with Crippen LogP contribution in [0.15, 0.2) is 46.3 Å². The summed E-state index contributed by atoms with van der Waals surface area (Å²) < 4.78 is 60.6. The van der Waals surface area contributed by atoms with E-state index >= 15 is 4.39 Å². The molecule has 0 fully saturated rings. The van der Waals surface area contributed by atoms with Gasteiger partial charge < -0.3 is 53.5 Å². The summed E-state index contributed by atoms with van der Waals surface area (Å²) in [6, 6.07) is 9.78. The van der Waals surface area contributed by atoms with Gasteiger partial charge >= 0.3 is 0 Å². The van der Waals surface area contributed by atoms with Gasteiger partial charge in [-0.1, -0.05) is 0 Å². The molecular formula is C49H63FN6O12. The summed E-state index contributed by atoms with van der Waals surface area (Å²) in [7, 11) is 0. The van der Waals surface area contributed by atoms with E-state index in [0.29, 0.717) is 149 Å². The maximum Gasteiger partial charge on any atom is 0.293 e. The second-order valence-corrected chi connectivity index (χ2v) is 16.7. The lowest BCUT2D eigenvalue weighted by atomic mass is 9.81. The first-order valence-electron chi connectivity index (χ1n) is 22.9. The Hall–Kier alpha value is -5.67. The minimum atomic E-state index is -1.57. The number of benzene rings is 2. The highest BCUT2D eigenvalue weighted by molar-refractivity contribution is 6.06. The Bertz CT molecular complexity index is 2480. The molecule has 2 amide bonds. The number of hydrazone groups is 1.